The van der Waals surface area contributed by atoms with Crippen LogP contribution in [0.2, 0.25) is 0 Å². The standard InChI is InChI=1S/C26H27N3O5/c1-26(2,3)16-11-12-22-20(13-16)24(19-9-4-5-10-21(19)28-22)25(31)34-15-23(30)27-17-7-6-8-18(14-17)29(32)33/h4-10,14,16H,11-13,15H2,1-3H3,(H,27,30). The van der Waals surface area contributed by atoms with Gasteiger partial charge in [0.05, 0.1) is 16.0 Å². The van der Waals surface area contributed by atoms with E-state index in [0.29, 0.717) is 16.9 Å². The number of nitrogens with zero attached hydrogens (tertiary/aromatic N) is 2. The van der Waals surface area contributed by atoms with Crippen molar-refractivity contribution >= 4 is 34.2 Å². The molecule has 4 rings (SSSR count). The number of nitro groups is 1. The van der Waals surface area contributed by atoms with Gasteiger partial charge < -0.3 is 10.1 Å². The number of aromatic nitrogens is 1. The highest BCUT2D eigenvalue weighted by Crippen LogP contribution is 2.39. The van der Waals surface area contributed by atoms with Crippen molar-refractivity contribution in [3.05, 3.63) is 75.5 Å². The summed E-state index contributed by atoms with van der Waals surface area (Å²) in [4.78, 5) is 40.9. The fourth-order valence-electron chi connectivity index (χ4n) is 4.46. The Labute approximate surface area is 197 Å². The maximum atomic E-state index is 13.3. The van der Waals surface area contributed by atoms with Crippen molar-refractivity contribution in [1.82, 2.24) is 4.98 Å². The third-order valence-corrected chi connectivity index (χ3v) is 6.36. The first-order valence-electron chi connectivity index (χ1n) is 11.3. The fraction of sp³-hybridized carbons (Fsp3) is 0.346. The molecule has 1 aliphatic carbocycles. The number of hydrogen-bond donors (Lipinski definition) is 1. The summed E-state index contributed by atoms with van der Waals surface area (Å²) in [5.74, 6) is -0.751. The van der Waals surface area contributed by atoms with E-state index in [1.165, 1.54) is 24.3 Å². The summed E-state index contributed by atoms with van der Waals surface area (Å²) in [6.45, 7) is 6.10. The normalized spacial score (nSPS) is 15.4. The van der Waals surface area contributed by atoms with Crippen LogP contribution in [0.25, 0.3) is 10.9 Å². The maximum Gasteiger partial charge on any atom is 0.339 e. The molecule has 34 heavy (non-hydrogen) atoms. The molecule has 2 aromatic carbocycles. The third kappa shape index (κ3) is 4.90. The van der Waals surface area contributed by atoms with Gasteiger partial charge >= 0.3 is 5.97 Å². The number of esters is 1. The van der Waals surface area contributed by atoms with E-state index in [4.69, 9.17) is 9.72 Å². The van der Waals surface area contributed by atoms with E-state index < -0.39 is 23.4 Å². The lowest BCUT2D eigenvalue weighted by molar-refractivity contribution is -0.384. The van der Waals surface area contributed by atoms with Gasteiger partial charge in [-0.05, 0) is 48.3 Å². The number of carbonyl (C=O) groups is 2. The lowest BCUT2D eigenvalue weighted by Crippen LogP contribution is -2.29. The number of para-hydroxylation sites is 1. The number of aryl methyl sites for hydroxylation is 1. The molecule has 1 N–H and O–H groups in total. The number of benzene rings is 2. The molecule has 1 aliphatic rings. The Balaban J connectivity index is 1.57. The largest absolute Gasteiger partial charge is 0.452 e. The highest BCUT2D eigenvalue weighted by atomic mass is 16.6. The van der Waals surface area contributed by atoms with Crippen molar-refractivity contribution < 1.29 is 19.2 Å². The number of ether oxygens (including phenoxy) is 1. The molecule has 0 fully saturated rings. The van der Waals surface area contributed by atoms with Crippen molar-refractivity contribution in [2.24, 2.45) is 11.3 Å². The second-order valence-corrected chi connectivity index (χ2v) is 9.67. The molecule has 8 heteroatoms. The molecule has 3 aromatic rings. The minimum Gasteiger partial charge on any atom is -0.452 e. The molecule has 0 saturated carbocycles. The lowest BCUT2D eigenvalue weighted by atomic mass is 9.70. The lowest BCUT2D eigenvalue weighted by Gasteiger charge is -2.35. The summed E-state index contributed by atoms with van der Waals surface area (Å²) >= 11 is 0. The van der Waals surface area contributed by atoms with Crippen LogP contribution in [0.5, 0.6) is 0 Å². The average molecular weight is 462 g/mol. The Bertz CT molecular complexity index is 1280. The number of non-ortho nitro benzene ring substituents is 1. The van der Waals surface area contributed by atoms with Crippen LogP contribution in [-0.2, 0) is 22.4 Å². The first-order chi connectivity index (χ1) is 16.1. The summed E-state index contributed by atoms with van der Waals surface area (Å²) in [6, 6.07) is 13.0. The van der Waals surface area contributed by atoms with Crippen LogP contribution in [0.4, 0.5) is 11.4 Å². The second kappa shape index (κ2) is 9.21. The third-order valence-electron chi connectivity index (χ3n) is 6.36. The van der Waals surface area contributed by atoms with E-state index >= 15 is 0 Å². The van der Waals surface area contributed by atoms with Crippen LogP contribution in [0.1, 0.15) is 48.8 Å². The van der Waals surface area contributed by atoms with Crippen molar-refractivity contribution in [1.29, 1.82) is 0 Å². The van der Waals surface area contributed by atoms with Crippen molar-refractivity contribution in [3.63, 3.8) is 0 Å². The number of fused-ring (bicyclic) bond motifs is 2. The summed E-state index contributed by atoms with van der Waals surface area (Å²) in [5, 5.41) is 14.2. The molecule has 0 saturated heterocycles. The van der Waals surface area contributed by atoms with Gasteiger partial charge in [0.2, 0.25) is 0 Å². The van der Waals surface area contributed by atoms with Gasteiger partial charge in [0.15, 0.2) is 6.61 Å². The maximum absolute atomic E-state index is 13.3. The summed E-state index contributed by atoms with van der Waals surface area (Å²) in [5.41, 5.74) is 3.21. The fourth-order valence-corrected chi connectivity index (χ4v) is 4.46. The number of hydrogen-bond acceptors (Lipinski definition) is 6. The molecule has 1 heterocycles. The first-order valence-corrected chi connectivity index (χ1v) is 11.3. The van der Waals surface area contributed by atoms with Gasteiger partial charge in [0.25, 0.3) is 11.6 Å². The number of carbonyl (C=O) groups excluding carboxylic acids is 2. The van der Waals surface area contributed by atoms with Gasteiger partial charge in [0.1, 0.15) is 0 Å². The number of rotatable bonds is 5. The Hall–Kier alpha value is -3.81. The molecule has 0 bridgehead atoms. The van der Waals surface area contributed by atoms with Crippen molar-refractivity contribution in [2.75, 3.05) is 11.9 Å². The van der Waals surface area contributed by atoms with Crippen LogP contribution in [0.3, 0.4) is 0 Å². The summed E-state index contributed by atoms with van der Waals surface area (Å²) in [7, 11) is 0. The number of nitro benzene ring substituents is 1. The number of amides is 1. The molecule has 0 aliphatic heterocycles. The predicted octanol–water partition coefficient (Wildman–Crippen LogP) is 5.09. The highest BCUT2D eigenvalue weighted by Gasteiger charge is 2.33. The van der Waals surface area contributed by atoms with Gasteiger partial charge in [-0.2, -0.15) is 0 Å². The van der Waals surface area contributed by atoms with E-state index in [2.05, 4.69) is 26.1 Å². The van der Waals surface area contributed by atoms with Gasteiger partial charge in [-0.15, -0.1) is 0 Å². The smallest absolute Gasteiger partial charge is 0.339 e. The summed E-state index contributed by atoms with van der Waals surface area (Å²) in [6.07, 6.45) is 2.51. The number of anilines is 1. The molecule has 0 radical (unpaired) electrons. The second-order valence-electron chi connectivity index (χ2n) is 9.67. The number of nitrogens with one attached hydrogen (secondary N) is 1. The quantitative estimate of drug-likeness (QED) is 0.322. The molecule has 176 valence electrons. The van der Waals surface area contributed by atoms with Gasteiger partial charge in [0, 0.05) is 28.9 Å². The Kier molecular flexibility index (Phi) is 6.32. The SMILES string of the molecule is CC(C)(C)C1CCc2nc3ccccc3c(C(=O)OCC(=O)Nc3cccc([N+](=O)[O-])c3)c2C1. The van der Waals surface area contributed by atoms with E-state index in [9.17, 15) is 19.7 Å². The predicted molar refractivity (Wildman–Crippen MR) is 129 cm³/mol. The van der Waals surface area contributed by atoms with E-state index in [1.54, 1.807) is 0 Å². The van der Waals surface area contributed by atoms with Crippen LogP contribution in [0, 0.1) is 21.4 Å². The zero-order valence-electron chi connectivity index (χ0n) is 19.5. The van der Waals surface area contributed by atoms with E-state index in [-0.39, 0.29) is 16.8 Å². The molecule has 0 spiro atoms. The Morgan fingerprint density at radius 2 is 1.94 bits per heavy atom. The minimum atomic E-state index is -0.575. The van der Waals surface area contributed by atoms with E-state index in [0.717, 1.165) is 36.0 Å². The average Bonchev–Trinajstić information content (AvgIpc) is 2.80. The summed E-state index contributed by atoms with van der Waals surface area (Å²) < 4.78 is 5.42. The van der Waals surface area contributed by atoms with Gasteiger partial charge in [-0.25, -0.2) is 4.79 Å². The molecule has 1 unspecified atom stereocenters. The molecule has 1 aromatic heterocycles. The van der Waals surface area contributed by atoms with Crippen LogP contribution < -0.4 is 5.32 Å². The molecule has 8 nitrogen and oxygen atoms in total. The minimum absolute atomic E-state index is 0.0860. The topological polar surface area (TPSA) is 111 Å². The molecule has 1 atom stereocenters. The molecule has 1 amide bonds. The van der Waals surface area contributed by atoms with Crippen molar-refractivity contribution in [3.8, 4) is 0 Å². The highest BCUT2D eigenvalue weighted by molar-refractivity contribution is 6.06. The Morgan fingerprint density at radius 1 is 1.18 bits per heavy atom. The zero-order valence-corrected chi connectivity index (χ0v) is 19.5. The van der Waals surface area contributed by atoms with Crippen LogP contribution >= 0.6 is 0 Å². The van der Waals surface area contributed by atoms with Gasteiger partial charge in [-0.3, -0.25) is 19.9 Å². The first kappa shape index (κ1) is 23.4. The monoisotopic (exact) mass is 461 g/mol. The van der Waals surface area contributed by atoms with E-state index in [1.807, 2.05) is 24.3 Å². The van der Waals surface area contributed by atoms with Crippen molar-refractivity contribution in [2.45, 2.75) is 40.0 Å². The van der Waals surface area contributed by atoms with Gasteiger partial charge in [-0.1, -0.05) is 45.0 Å². The zero-order chi connectivity index (χ0) is 24.5. The molecular weight excluding hydrogens is 434 g/mol. The van der Waals surface area contributed by atoms with Crippen LogP contribution in [-0.4, -0.2) is 28.4 Å². The Morgan fingerprint density at radius 3 is 2.68 bits per heavy atom. The molecular formula is C26H27N3O5. The van der Waals surface area contributed by atoms with Crippen LogP contribution in [0.15, 0.2) is 48.5 Å². The number of pyridine rings is 1.